The Morgan fingerprint density at radius 1 is 1.23 bits per heavy atom. The van der Waals surface area contributed by atoms with E-state index in [4.69, 9.17) is 9.47 Å². The Bertz CT molecular complexity index is 933. The third kappa shape index (κ3) is 4.47. The van der Waals surface area contributed by atoms with Crippen LogP contribution in [0.4, 0.5) is 0 Å². The molecule has 0 saturated carbocycles. The molecule has 1 aliphatic carbocycles. The summed E-state index contributed by atoms with van der Waals surface area (Å²) in [5, 5.41) is 3.39. The van der Waals surface area contributed by atoms with Gasteiger partial charge in [0, 0.05) is 35.9 Å². The van der Waals surface area contributed by atoms with Gasteiger partial charge in [-0.25, -0.2) is 4.79 Å². The van der Waals surface area contributed by atoms with Gasteiger partial charge in [-0.05, 0) is 49.1 Å². The van der Waals surface area contributed by atoms with Gasteiger partial charge in [0.25, 0.3) is 0 Å². The Labute approximate surface area is 184 Å². The van der Waals surface area contributed by atoms with Gasteiger partial charge in [0.1, 0.15) is 6.61 Å². The highest BCUT2D eigenvalue weighted by atomic mass is 16.6. The second kappa shape index (κ2) is 8.62. The monoisotopic (exact) mass is 423 g/mol. The molecule has 1 N–H and O–H groups in total. The van der Waals surface area contributed by atoms with Crippen LogP contribution in [0.1, 0.15) is 70.4 Å². The maximum absolute atomic E-state index is 13.3. The molecule has 0 aromatic heterocycles. The summed E-state index contributed by atoms with van der Waals surface area (Å²) in [6.45, 7) is 9.23. The SMILES string of the molecule is CCc1ccc([C@H]2C(C(=O)OC[C@@H]3CCCO3)=C(C)NC3=C2C(=O)CC(C)(C)C3)cc1. The number of allylic oxidation sites excluding steroid dienone is 3. The Balaban J connectivity index is 1.71. The number of nitrogens with one attached hydrogen (secondary N) is 1. The number of ketones is 1. The minimum absolute atomic E-state index is 0.0319. The number of ether oxygens (including phenoxy) is 2. The molecule has 1 aromatic carbocycles. The molecule has 31 heavy (non-hydrogen) atoms. The highest BCUT2D eigenvalue weighted by Gasteiger charge is 2.43. The largest absolute Gasteiger partial charge is 0.459 e. The van der Waals surface area contributed by atoms with Crippen LogP contribution in [-0.4, -0.2) is 31.1 Å². The predicted molar refractivity (Wildman–Crippen MR) is 119 cm³/mol. The molecular formula is C26H33NO4. The Morgan fingerprint density at radius 3 is 2.61 bits per heavy atom. The van der Waals surface area contributed by atoms with Crippen LogP contribution in [-0.2, 0) is 25.5 Å². The number of Topliss-reactive ketones (excluding diaryl/α,β-unsaturated/α-hetero) is 1. The number of carbonyl (C=O) groups excluding carboxylic acids is 2. The number of aryl methyl sites for hydroxylation is 1. The maximum Gasteiger partial charge on any atom is 0.336 e. The number of carbonyl (C=O) groups is 2. The molecule has 0 bridgehead atoms. The average molecular weight is 424 g/mol. The zero-order chi connectivity index (χ0) is 22.2. The second-order valence-electron chi connectivity index (χ2n) is 9.76. The van der Waals surface area contributed by atoms with E-state index in [0.29, 0.717) is 12.0 Å². The fraction of sp³-hybridized carbons (Fsp3) is 0.538. The molecule has 4 rings (SSSR count). The van der Waals surface area contributed by atoms with Crippen LogP contribution in [0.2, 0.25) is 0 Å². The van der Waals surface area contributed by atoms with Crippen molar-refractivity contribution in [3.63, 3.8) is 0 Å². The summed E-state index contributed by atoms with van der Waals surface area (Å²) in [5.74, 6) is -0.655. The van der Waals surface area contributed by atoms with Gasteiger partial charge in [-0.3, -0.25) is 4.79 Å². The molecule has 0 amide bonds. The fourth-order valence-electron chi connectivity index (χ4n) is 5.01. The molecule has 0 spiro atoms. The molecule has 5 nitrogen and oxygen atoms in total. The molecule has 166 valence electrons. The summed E-state index contributed by atoms with van der Waals surface area (Å²) in [4.78, 5) is 26.6. The summed E-state index contributed by atoms with van der Waals surface area (Å²) < 4.78 is 11.3. The van der Waals surface area contributed by atoms with E-state index in [0.717, 1.165) is 54.8 Å². The van der Waals surface area contributed by atoms with Gasteiger partial charge in [0.05, 0.1) is 11.7 Å². The quantitative estimate of drug-likeness (QED) is 0.703. The molecule has 5 heteroatoms. The summed E-state index contributed by atoms with van der Waals surface area (Å²) in [5.41, 5.74) is 5.06. The minimum atomic E-state index is -0.400. The highest BCUT2D eigenvalue weighted by molar-refractivity contribution is 6.04. The van der Waals surface area contributed by atoms with Crippen molar-refractivity contribution in [3.05, 3.63) is 57.9 Å². The lowest BCUT2D eigenvalue weighted by Gasteiger charge is -2.39. The molecule has 2 heterocycles. The van der Waals surface area contributed by atoms with Crippen molar-refractivity contribution in [2.75, 3.05) is 13.2 Å². The van der Waals surface area contributed by atoms with Crippen LogP contribution in [0.3, 0.4) is 0 Å². The zero-order valence-corrected chi connectivity index (χ0v) is 19.0. The van der Waals surface area contributed by atoms with E-state index in [-0.39, 0.29) is 29.9 Å². The smallest absolute Gasteiger partial charge is 0.336 e. The van der Waals surface area contributed by atoms with E-state index in [1.807, 2.05) is 19.1 Å². The van der Waals surface area contributed by atoms with Crippen molar-refractivity contribution in [1.82, 2.24) is 5.32 Å². The van der Waals surface area contributed by atoms with Gasteiger partial charge < -0.3 is 14.8 Å². The lowest BCUT2D eigenvalue weighted by molar-refractivity contribution is -0.142. The summed E-state index contributed by atoms with van der Waals surface area (Å²) in [6.07, 6.45) is 4.09. The van der Waals surface area contributed by atoms with E-state index in [1.165, 1.54) is 5.56 Å². The van der Waals surface area contributed by atoms with Crippen molar-refractivity contribution >= 4 is 11.8 Å². The van der Waals surface area contributed by atoms with Crippen molar-refractivity contribution in [2.45, 2.75) is 71.8 Å². The Kier molecular flexibility index (Phi) is 6.07. The molecule has 2 aliphatic heterocycles. The number of dihydropyridines is 1. The number of rotatable bonds is 5. The van der Waals surface area contributed by atoms with Gasteiger partial charge in [0.2, 0.25) is 0 Å². The lowest BCUT2D eigenvalue weighted by Crippen LogP contribution is -2.39. The van der Waals surface area contributed by atoms with E-state index >= 15 is 0 Å². The number of hydrogen-bond acceptors (Lipinski definition) is 5. The average Bonchev–Trinajstić information content (AvgIpc) is 3.24. The van der Waals surface area contributed by atoms with Crippen LogP contribution in [0, 0.1) is 5.41 Å². The lowest BCUT2D eigenvalue weighted by atomic mass is 9.68. The van der Waals surface area contributed by atoms with E-state index in [2.05, 4.69) is 38.2 Å². The molecule has 3 aliphatic rings. The maximum atomic E-state index is 13.3. The first-order chi connectivity index (χ1) is 14.8. The third-order valence-electron chi connectivity index (χ3n) is 6.61. The predicted octanol–water partition coefficient (Wildman–Crippen LogP) is 4.58. The molecule has 1 aromatic rings. The molecule has 1 saturated heterocycles. The molecule has 0 radical (unpaired) electrons. The number of esters is 1. The third-order valence-corrected chi connectivity index (χ3v) is 6.61. The van der Waals surface area contributed by atoms with Gasteiger partial charge in [-0.1, -0.05) is 45.0 Å². The first-order valence-corrected chi connectivity index (χ1v) is 11.4. The minimum Gasteiger partial charge on any atom is -0.459 e. The zero-order valence-electron chi connectivity index (χ0n) is 19.0. The fourth-order valence-corrected chi connectivity index (χ4v) is 5.01. The van der Waals surface area contributed by atoms with Crippen LogP contribution in [0.5, 0.6) is 0 Å². The van der Waals surface area contributed by atoms with Crippen molar-refractivity contribution in [3.8, 4) is 0 Å². The molecule has 2 atom stereocenters. The summed E-state index contributed by atoms with van der Waals surface area (Å²) in [7, 11) is 0. The molecule has 0 unspecified atom stereocenters. The first-order valence-electron chi connectivity index (χ1n) is 11.4. The van der Waals surface area contributed by atoms with Gasteiger partial charge in [-0.15, -0.1) is 0 Å². The summed E-state index contributed by atoms with van der Waals surface area (Å²) in [6, 6.07) is 8.26. The van der Waals surface area contributed by atoms with Gasteiger partial charge in [-0.2, -0.15) is 0 Å². The Hall–Kier alpha value is -2.40. The van der Waals surface area contributed by atoms with Crippen LogP contribution in [0.25, 0.3) is 0 Å². The number of benzene rings is 1. The highest BCUT2D eigenvalue weighted by Crippen LogP contribution is 2.46. The van der Waals surface area contributed by atoms with Crippen molar-refractivity contribution in [2.24, 2.45) is 5.41 Å². The topological polar surface area (TPSA) is 64.6 Å². The van der Waals surface area contributed by atoms with E-state index in [9.17, 15) is 9.59 Å². The molecule has 1 fully saturated rings. The normalized spacial score (nSPS) is 25.4. The first kappa shape index (κ1) is 21.8. The second-order valence-corrected chi connectivity index (χ2v) is 9.76. The van der Waals surface area contributed by atoms with Crippen molar-refractivity contribution in [1.29, 1.82) is 0 Å². The summed E-state index contributed by atoms with van der Waals surface area (Å²) >= 11 is 0. The van der Waals surface area contributed by atoms with Crippen LogP contribution in [0.15, 0.2) is 46.8 Å². The standard InChI is InChI=1S/C26H33NO4/c1-5-17-8-10-18(11-9-17)23-22(25(29)31-15-19-7-6-12-30-19)16(2)27-20-13-26(3,4)14-21(28)24(20)23/h8-11,19,23,27H,5-7,12-15H2,1-4H3/t19-,23-/m0/s1. The van der Waals surface area contributed by atoms with Crippen LogP contribution >= 0.6 is 0 Å². The molecular weight excluding hydrogens is 390 g/mol. The van der Waals surface area contributed by atoms with E-state index < -0.39 is 5.92 Å². The number of hydrogen-bond donors (Lipinski definition) is 1. The van der Waals surface area contributed by atoms with E-state index in [1.54, 1.807) is 0 Å². The van der Waals surface area contributed by atoms with Crippen molar-refractivity contribution < 1.29 is 19.1 Å². The van der Waals surface area contributed by atoms with Gasteiger partial charge in [0.15, 0.2) is 5.78 Å². The van der Waals surface area contributed by atoms with Gasteiger partial charge >= 0.3 is 5.97 Å². The Morgan fingerprint density at radius 2 is 1.97 bits per heavy atom. The van der Waals surface area contributed by atoms with Crippen LogP contribution < -0.4 is 5.32 Å².